The molecule has 1 aliphatic rings. The van der Waals surface area contributed by atoms with Crippen molar-refractivity contribution < 1.29 is 19.5 Å². The van der Waals surface area contributed by atoms with Crippen molar-refractivity contribution in [3.05, 3.63) is 35.9 Å². The van der Waals surface area contributed by atoms with Crippen molar-refractivity contribution in [2.45, 2.75) is 19.3 Å². The monoisotopic (exact) mass is 347 g/mol. The fraction of sp³-hybridized carbons (Fsp3) is 0.500. The van der Waals surface area contributed by atoms with E-state index >= 15 is 0 Å². The summed E-state index contributed by atoms with van der Waals surface area (Å²) in [5.41, 5.74) is 1.24. The van der Waals surface area contributed by atoms with Gasteiger partial charge in [0, 0.05) is 32.6 Å². The Kier molecular flexibility index (Phi) is 7.40. The van der Waals surface area contributed by atoms with Gasteiger partial charge < -0.3 is 15.3 Å². The Morgan fingerprint density at radius 3 is 2.36 bits per heavy atom. The zero-order valence-corrected chi connectivity index (χ0v) is 14.3. The van der Waals surface area contributed by atoms with Crippen LogP contribution < -0.4 is 5.32 Å². The molecule has 0 spiro atoms. The van der Waals surface area contributed by atoms with E-state index in [-0.39, 0.29) is 24.9 Å². The van der Waals surface area contributed by atoms with Gasteiger partial charge in [-0.05, 0) is 18.4 Å². The van der Waals surface area contributed by atoms with Gasteiger partial charge >= 0.3 is 5.97 Å². The Balaban J connectivity index is 1.63. The molecule has 0 aromatic heterocycles. The molecule has 1 aromatic carbocycles. The van der Waals surface area contributed by atoms with Crippen LogP contribution in [0.5, 0.6) is 0 Å². The average molecular weight is 347 g/mol. The zero-order valence-electron chi connectivity index (χ0n) is 14.3. The Hall–Kier alpha value is -2.41. The molecule has 7 nitrogen and oxygen atoms in total. The summed E-state index contributed by atoms with van der Waals surface area (Å²) in [6.45, 7) is 2.28. The van der Waals surface area contributed by atoms with Crippen molar-refractivity contribution in [2.75, 3.05) is 39.3 Å². The third-order valence-electron chi connectivity index (χ3n) is 4.23. The largest absolute Gasteiger partial charge is 0.480 e. The van der Waals surface area contributed by atoms with E-state index < -0.39 is 5.97 Å². The fourth-order valence-corrected chi connectivity index (χ4v) is 2.84. The SMILES string of the molecule is O=C(O)CNC(=O)CN1CCN(C(=O)CCCc2ccccc2)CC1. The number of carboxylic acids is 1. The molecule has 1 saturated heterocycles. The molecule has 0 unspecified atom stereocenters. The molecule has 0 bridgehead atoms. The van der Waals surface area contributed by atoms with E-state index in [0.29, 0.717) is 32.6 Å². The maximum absolute atomic E-state index is 12.3. The molecule has 1 fully saturated rings. The van der Waals surface area contributed by atoms with Gasteiger partial charge in [-0.25, -0.2) is 0 Å². The highest BCUT2D eigenvalue weighted by atomic mass is 16.4. The van der Waals surface area contributed by atoms with Gasteiger partial charge in [0.1, 0.15) is 6.54 Å². The van der Waals surface area contributed by atoms with Gasteiger partial charge in [-0.3, -0.25) is 19.3 Å². The van der Waals surface area contributed by atoms with Crippen LogP contribution in [0.25, 0.3) is 0 Å². The minimum atomic E-state index is -1.06. The van der Waals surface area contributed by atoms with Gasteiger partial charge in [0.25, 0.3) is 0 Å². The topological polar surface area (TPSA) is 89.9 Å². The second kappa shape index (κ2) is 9.78. The number of carboxylic acid groups (broad SMARTS) is 1. The first-order chi connectivity index (χ1) is 12.0. The number of piperazine rings is 1. The highest BCUT2D eigenvalue weighted by Gasteiger charge is 2.22. The number of amides is 2. The number of nitrogens with zero attached hydrogens (tertiary/aromatic N) is 2. The lowest BCUT2D eigenvalue weighted by molar-refractivity contribution is -0.138. The summed E-state index contributed by atoms with van der Waals surface area (Å²) in [5.74, 6) is -1.20. The van der Waals surface area contributed by atoms with Crippen molar-refractivity contribution in [1.82, 2.24) is 15.1 Å². The van der Waals surface area contributed by atoms with Crippen LogP contribution in [-0.2, 0) is 20.8 Å². The van der Waals surface area contributed by atoms with Crippen LogP contribution in [0.1, 0.15) is 18.4 Å². The quantitative estimate of drug-likeness (QED) is 0.708. The number of benzene rings is 1. The van der Waals surface area contributed by atoms with Gasteiger partial charge in [0.05, 0.1) is 6.54 Å². The summed E-state index contributed by atoms with van der Waals surface area (Å²) < 4.78 is 0. The number of carbonyl (C=O) groups excluding carboxylic acids is 2. The first-order valence-electron chi connectivity index (χ1n) is 8.57. The Morgan fingerprint density at radius 1 is 1.04 bits per heavy atom. The zero-order chi connectivity index (χ0) is 18.1. The molecular formula is C18H25N3O4. The molecular weight excluding hydrogens is 322 g/mol. The van der Waals surface area contributed by atoms with E-state index in [2.05, 4.69) is 17.4 Å². The highest BCUT2D eigenvalue weighted by Crippen LogP contribution is 2.08. The molecule has 1 aromatic rings. The van der Waals surface area contributed by atoms with Crippen LogP contribution in [0.4, 0.5) is 0 Å². The fourth-order valence-electron chi connectivity index (χ4n) is 2.84. The van der Waals surface area contributed by atoms with E-state index in [1.807, 2.05) is 28.0 Å². The molecule has 2 N–H and O–H groups in total. The van der Waals surface area contributed by atoms with Gasteiger partial charge in [-0.2, -0.15) is 0 Å². The Morgan fingerprint density at radius 2 is 1.72 bits per heavy atom. The standard InChI is InChI=1S/C18H25N3O4/c22-16(19-13-18(24)25)14-20-9-11-21(12-10-20)17(23)8-4-7-15-5-2-1-3-6-15/h1-3,5-6H,4,7-14H2,(H,19,22)(H,24,25). The molecule has 1 heterocycles. The van der Waals surface area contributed by atoms with Crippen LogP contribution >= 0.6 is 0 Å². The first kappa shape index (κ1) is 18.9. The van der Waals surface area contributed by atoms with Crippen LogP contribution in [0.2, 0.25) is 0 Å². The van der Waals surface area contributed by atoms with Gasteiger partial charge in [-0.1, -0.05) is 30.3 Å². The molecule has 7 heteroatoms. The molecule has 2 amide bonds. The minimum absolute atomic E-state index is 0.158. The van der Waals surface area contributed by atoms with E-state index in [4.69, 9.17) is 5.11 Å². The number of hydrogen-bond acceptors (Lipinski definition) is 4. The molecule has 0 saturated carbocycles. The van der Waals surface area contributed by atoms with Crippen molar-refractivity contribution in [1.29, 1.82) is 0 Å². The van der Waals surface area contributed by atoms with Gasteiger partial charge in [0.15, 0.2) is 0 Å². The van der Waals surface area contributed by atoms with E-state index in [1.165, 1.54) is 5.56 Å². The lowest BCUT2D eigenvalue weighted by Crippen LogP contribution is -2.51. The second-order valence-electron chi connectivity index (χ2n) is 6.17. The molecule has 0 radical (unpaired) electrons. The van der Waals surface area contributed by atoms with Crippen LogP contribution in [0.3, 0.4) is 0 Å². The van der Waals surface area contributed by atoms with Gasteiger partial charge in [0.2, 0.25) is 11.8 Å². The maximum atomic E-state index is 12.3. The van der Waals surface area contributed by atoms with E-state index in [1.54, 1.807) is 0 Å². The number of hydrogen-bond donors (Lipinski definition) is 2. The second-order valence-corrected chi connectivity index (χ2v) is 6.17. The summed E-state index contributed by atoms with van der Waals surface area (Å²) in [4.78, 5) is 38.1. The van der Waals surface area contributed by atoms with Crippen LogP contribution in [-0.4, -0.2) is 72.0 Å². The van der Waals surface area contributed by atoms with E-state index in [0.717, 1.165) is 12.8 Å². The third kappa shape index (κ3) is 6.93. The van der Waals surface area contributed by atoms with Crippen molar-refractivity contribution >= 4 is 17.8 Å². The normalized spacial score (nSPS) is 15.0. The maximum Gasteiger partial charge on any atom is 0.322 e. The number of nitrogens with one attached hydrogen (secondary N) is 1. The lowest BCUT2D eigenvalue weighted by Gasteiger charge is -2.34. The smallest absolute Gasteiger partial charge is 0.322 e. The summed E-state index contributed by atoms with van der Waals surface area (Å²) in [7, 11) is 0. The van der Waals surface area contributed by atoms with Crippen molar-refractivity contribution in [2.24, 2.45) is 0 Å². The number of rotatable bonds is 8. The summed E-state index contributed by atoms with van der Waals surface area (Å²) in [5, 5.41) is 10.9. The Labute approximate surface area is 147 Å². The molecule has 0 atom stereocenters. The van der Waals surface area contributed by atoms with Crippen molar-refractivity contribution in [3.8, 4) is 0 Å². The first-order valence-corrected chi connectivity index (χ1v) is 8.57. The minimum Gasteiger partial charge on any atom is -0.480 e. The van der Waals surface area contributed by atoms with E-state index in [9.17, 15) is 14.4 Å². The summed E-state index contributed by atoms with van der Waals surface area (Å²) in [6, 6.07) is 10.1. The predicted molar refractivity (Wildman–Crippen MR) is 93.0 cm³/mol. The molecule has 0 aliphatic carbocycles. The number of aryl methyl sites for hydroxylation is 1. The number of carbonyl (C=O) groups is 3. The lowest BCUT2D eigenvalue weighted by atomic mass is 10.1. The average Bonchev–Trinajstić information content (AvgIpc) is 2.61. The molecule has 136 valence electrons. The molecule has 2 rings (SSSR count). The molecule has 1 aliphatic heterocycles. The van der Waals surface area contributed by atoms with Crippen LogP contribution in [0, 0.1) is 0 Å². The van der Waals surface area contributed by atoms with Crippen LogP contribution in [0.15, 0.2) is 30.3 Å². The van der Waals surface area contributed by atoms with Crippen molar-refractivity contribution in [3.63, 3.8) is 0 Å². The number of aliphatic carboxylic acids is 1. The van der Waals surface area contributed by atoms with Gasteiger partial charge in [-0.15, -0.1) is 0 Å². The third-order valence-corrected chi connectivity index (χ3v) is 4.23. The summed E-state index contributed by atoms with van der Waals surface area (Å²) >= 11 is 0. The summed E-state index contributed by atoms with van der Waals surface area (Å²) in [6.07, 6.45) is 2.27. The predicted octanol–water partition coefficient (Wildman–Crippen LogP) is 0.354. The Bertz CT molecular complexity index is 583. The highest BCUT2D eigenvalue weighted by molar-refractivity contribution is 5.82. The molecule has 25 heavy (non-hydrogen) atoms.